The van der Waals surface area contributed by atoms with E-state index in [1.807, 2.05) is 26.2 Å². The molecule has 1 amide bonds. The first-order valence-corrected chi connectivity index (χ1v) is 8.39. The summed E-state index contributed by atoms with van der Waals surface area (Å²) in [4.78, 5) is 25.5. The minimum atomic E-state index is -0.486. The van der Waals surface area contributed by atoms with Gasteiger partial charge >= 0.3 is 11.0 Å². The molecule has 1 rings (SSSR count). The highest BCUT2D eigenvalue weighted by Gasteiger charge is 2.19. The summed E-state index contributed by atoms with van der Waals surface area (Å²) in [5.74, 6) is 0.710. The third kappa shape index (κ3) is 7.61. The van der Waals surface area contributed by atoms with Crippen molar-refractivity contribution in [1.82, 2.24) is 15.6 Å². The molecule has 6 nitrogen and oxygen atoms in total. The van der Waals surface area contributed by atoms with Gasteiger partial charge in [0.1, 0.15) is 5.60 Å². The molecule has 0 aliphatic rings. The number of amides is 1. The Kier molecular flexibility index (Phi) is 7.09. The Bertz CT molecular complexity index is 517. The van der Waals surface area contributed by atoms with Crippen LogP contribution < -0.4 is 15.5 Å². The molecule has 1 aromatic heterocycles. The van der Waals surface area contributed by atoms with Crippen molar-refractivity contribution in [2.24, 2.45) is 11.8 Å². The highest BCUT2D eigenvalue weighted by molar-refractivity contribution is 7.07. The van der Waals surface area contributed by atoms with E-state index in [1.165, 1.54) is 0 Å². The number of hydrogen-bond donors (Lipinski definition) is 3. The molecule has 7 heteroatoms. The van der Waals surface area contributed by atoms with Gasteiger partial charge in [0.15, 0.2) is 0 Å². The van der Waals surface area contributed by atoms with E-state index in [-0.39, 0.29) is 16.9 Å². The number of H-pyrrole nitrogens is 1. The van der Waals surface area contributed by atoms with E-state index in [4.69, 9.17) is 4.74 Å². The smallest absolute Gasteiger partial charge is 0.407 e. The van der Waals surface area contributed by atoms with Crippen LogP contribution in [0.25, 0.3) is 0 Å². The molecule has 0 bridgehead atoms. The van der Waals surface area contributed by atoms with Crippen LogP contribution in [0.3, 0.4) is 0 Å². The zero-order chi connectivity index (χ0) is 16.8. The lowest BCUT2D eigenvalue weighted by Crippen LogP contribution is -2.39. The average Bonchev–Trinajstić information content (AvgIpc) is 2.76. The lowest BCUT2D eigenvalue weighted by molar-refractivity contribution is 0.0515. The molecule has 0 aromatic carbocycles. The van der Waals surface area contributed by atoms with Gasteiger partial charge in [0.2, 0.25) is 0 Å². The summed E-state index contributed by atoms with van der Waals surface area (Å²) in [6.07, 6.45) is -0.389. The highest BCUT2D eigenvalue weighted by atomic mass is 32.1. The molecule has 0 aliphatic heterocycles. The Morgan fingerprint density at radius 3 is 2.55 bits per heavy atom. The van der Waals surface area contributed by atoms with Crippen LogP contribution in [0.5, 0.6) is 0 Å². The maximum Gasteiger partial charge on any atom is 0.407 e. The summed E-state index contributed by atoms with van der Waals surface area (Å²) in [7, 11) is 0. The van der Waals surface area contributed by atoms with Gasteiger partial charge in [-0.15, -0.1) is 0 Å². The zero-order valence-corrected chi connectivity index (χ0v) is 14.8. The van der Waals surface area contributed by atoms with Crippen LogP contribution in [-0.4, -0.2) is 29.8 Å². The fraction of sp³-hybridized carbons (Fsp3) is 0.733. The van der Waals surface area contributed by atoms with Gasteiger partial charge < -0.3 is 20.4 Å². The maximum atomic E-state index is 11.7. The monoisotopic (exact) mass is 329 g/mol. The number of ether oxygens (including phenoxy) is 1. The van der Waals surface area contributed by atoms with Gasteiger partial charge in [-0.05, 0) is 32.6 Å². The number of alkyl carbamates (subject to hydrolysis) is 1. The first-order chi connectivity index (χ1) is 10.2. The van der Waals surface area contributed by atoms with Crippen LogP contribution in [-0.2, 0) is 11.3 Å². The van der Waals surface area contributed by atoms with E-state index in [0.717, 1.165) is 23.6 Å². The molecule has 0 radical (unpaired) electrons. The Hall–Kier alpha value is -1.34. The number of nitrogens with one attached hydrogen (secondary N) is 3. The fourth-order valence-corrected chi connectivity index (χ4v) is 2.45. The molecule has 126 valence electrons. The summed E-state index contributed by atoms with van der Waals surface area (Å²) in [6, 6.07) is 0. The molecule has 3 N–H and O–H groups in total. The molecule has 0 fully saturated rings. The zero-order valence-electron chi connectivity index (χ0n) is 14.0. The molecule has 1 aromatic rings. The van der Waals surface area contributed by atoms with Crippen molar-refractivity contribution in [2.45, 2.75) is 46.8 Å². The van der Waals surface area contributed by atoms with Crippen molar-refractivity contribution >= 4 is 17.4 Å². The summed E-state index contributed by atoms with van der Waals surface area (Å²) in [5.41, 5.74) is 0.401. The first-order valence-electron chi connectivity index (χ1n) is 7.51. The third-order valence-corrected chi connectivity index (χ3v) is 3.86. The summed E-state index contributed by atoms with van der Waals surface area (Å²) >= 11 is 1.16. The normalized spacial score (nSPS) is 13.2. The molecule has 1 unspecified atom stereocenters. The predicted octanol–water partition coefficient (Wildman–Crippen LogP) is 2.32. The van der Waals surface area contributed by atoms with Gasteiger partial charge in [-0.1, -0.05) is 25.2 Å². The molecular formula is C15H27N3O3S. The average molecular weight is 329 g/mol. The SMILES string of the molecule is CC(C)C(CNCc1csc(=O)[nH]1)CNC(=O)OC(C)(C)C. The van der Waals surface area contributed by atoms with Crippen LogP contribution in [0.1, 0.15) is 40.3 Å². The number of carbonyl (C=O) groups excluding carboxylic acids is 1. The van der Waals surface area contributed by atoms with E-state index < -0.39 is 5.60 Å². The van der Waals surface area contributed by atoms with Crippen molar-refractivity contribution < 1.29 is 9.53 Å². The van der Waals surface area contributed by atoms with Crippen molar-refractivity contribution in [1.29, 1.82) is 0 Å². The summed E-state index contributed by atoms with van der Waals surface area (Å²) in [5, 5.41) is 7.95. The molecule has 1 heterocycles. The molecule has 0 saturated carbocycles. The molecule has 0 spiro atoms. The standard InChI is InChI=1S/C15H27N3O3S/c1-10(2)11(7-17-13(19)21-15(3,4)5)6-16-8-12-9-22-14(20)18-12/h9-11,16H,6-8H2,1-5H3,(H,17,19)(H,18,20). The van der Waals surface area contributed by atoms with Crippen LogP contribution in [0, 0.1) is 11.8 Å². The third-order valence-electron chi connectivity index (χ3n) is 3.14. The quantitative estimate of drug-likeness (QED) is 0.717. The lowest BCUT2D eigenvalue weighted by Gasteiger charge is -2.24. The second-order valence-corrected chi connectivity index (χ2v) is 7.53. The Morgan fingerprint density at radius 2 is 2.05 bits per heavy atom. The number of aromatic nitrogens is 1. The second-order valence-electron chi connectivity index (χ2n) is 6.69. The molecule has 1 atom stereocenters. The van der Waals surface area contributed by atoms with E-state index in [0.29, 0.717) is 19.0 Å². The van der Waals surface area contributed by atoms with Crippen molar-refractivity contribution in [2.75, 3.05) is 13.1 Å². The first kappa shape index (κ1) is 18.7. The second kappa shape index (κ2) is 8.33. The van der Waals surface area contributed by atoms with E-state index in [1.54, 1.807) is 0 Å². The van der Waals surface area contributed by atoms with Crippen LogP contribution in [0.4, 0.5) is 4.79 Å². The van der Waals surface area contributed by atoms with E-state index >= 15 is 0 Å². The maximum absolute atomic E-state index is 11.7. The van der Waals surface area contributed by atoms with Gasteiger partial charge in [-0.2, -0.15) is 0 Å². The van der Waals surface area contributed by atoms with Gasteiger partial charge in [0.05, 0.1) is 0 Å². The van der Waals surface area contributed by atoms with Crippen LogP contribution >= 0.6 is 11.3 Å². The minimum Gasteiger partial charge on any atom is -0.444 e. The van der Waals surface area contributed by atoms with Crippen molar-refractivity contribution in [3.8, 4) is 0 Å². The number of aromatic amines is 1. The van der Waals surface area contributed by atoms with Gasteiger partial charge in [-0.3, -0.25) is 4.79 Å². The largest absolute Gasteiger partial charge is 0.444 e. The number of hydrogen-bond acceptors (Lipinski definition) is 5. The molecule has 0 saturated heterocycles. The minimum absolute atomic E-state index is 0.0381. The van der Waals surface area contributed by atoms with Gasteiger partial charge in [-0.25, -0.2) is 4.79 Å². The fourth-order valence-electron chi connectivity index (χ4n) is 1.86. The topological polar surface area (TPSA) is 83.2 Å². The van der Waals surface area contributed by atoms with Crippen LogP contribution in [0.15, 0.2) is 10.2 Å². The number of carbonyl (C=O) groups is 1. The predicted molar refractivity (Wildman–Crippen MR) is 89.2 cm³/mol. The molecule has 0 aliphatic carbocycles. The molecular weight excluding hydrogens is 302 g/mol. The highest BCUT2D eigenvalue weighted by Crippen LogP contribution is 2.10. The molecule has 22 heavy (non-hydrogen) atoms. The summed E-state index contributed by atoms with van der Waals surface area (Å²) < 4.78 is 5.24. The summed E-state index contributed by atoms with van der Waals surface area (Å²) in [6.45, 7) is 11.7. The number of thiazole rings is 1. The Labute approximate surface area is 135 Å². The van der Waals surface area contributed by atoms with Gasteiger partial charge in [0, 0.05) is 30.7 Å². The Morgan fingerprint density at radius 1 is 1.36 bits per heavy atom. The van der Waals surface area contributed by atoms with Crippen molar-refractivity contribution in [3.63, 3.8) is 0 Å². The van der Waals surface area contributed by atoms with E-state index in [9.17, 15) is 9.59 Å². The van der Waals surface area contributed by atoms with Gasteiger partial charge in [0.25, 0.3) is 0 Å². The van der Waals surface area contributed by atoms with E-state index in [2.05, 4.69) is 29.5 Å². The Balaban J connectivity index is 2.35. The van der Waals surface area contributed by atoms with Crippen LogP contribution in [0.2, 0.25) is 0 Å². The van der Waals surface area contributed by atoms with Crippen molar-refractivity contribution in [3.05, 3.63) is 20.7 Å². The lowest BCUT2D eigenvalue weighted by atomic mass is 9.96. The number of rotatable bonds is 7.